The molecule has 0 aliphatic rings. The molecule has 0 aromatic rings. The van der Waals surface area contributed by atoms with Crippen LogP contribution in [0.2, 0.25) is 19.6 Å². The van der Waals surface area contributed by atoms with Gasteiger partial charge in [-0.1, -0.05) is 51.2 Å². The molecule has 1 N–H and O–H groups in total. The van der Waals surface area contributed by atoms with Crippen LogP contribution in [0.3, 0.4) is 0 Å². The van der Waals surface area contributed by atoms with Crippen molar-refractivity contribution in [1.82, 2.24) is 0 Å². The van der Waals surface area contributed by atoms with Gasteiger partial charge in [-0.25, -0.2) is 0 Å². The quantitative estimate of drug-likeness (QED) is 0.359. The minimum atomic E-state index is -1.42. The SMILES string of the molecule is CCCCCC#C[C@@H](O)[C@@H](Cl)C#C[Si](C)(C)C. The molecular weight excluding hydrogens is 248 g/mol. The van der Waals surface area contributed by atoms with Crippen molar-refractivity contribution in [2.75, 3.05) is 0 Å². The highest BCUT2D eigenvalue weighted by atomic mass is 35.5. The zero-order chi connectivity index (χ0) is 13.3. The molecule has 1 nitrogen and oxygen atoms in total. The molecule has 2 atom stereocenters. The second kappa shape index (κ2) is 8.64. The summed E-state index contributed by atoms with van der Waals surface area (Å²) in [7, 11) is -1.42. The van der Waals surface area contributed by atoms with Gasteiger partial charge in [-0.15, -0.1) is 23.1 Å². The second-order valence-corrected chi connectivity index (χ2v) is 10.4. The van der Waals surface area contributed by atoms with Crippen LogP contribution in [-0.2, 0) is 0 Å². The molecule has 0 rings (SSSR count). The van der Waals surface area contributed by atoms with E-state index in [9.17, 15) is 5.11 Å². The molecule has 0 fully saturated rings. The number of aliphatic hydroxyl groups excluding tert-OH is 1. The Labute approximate surface area is 112 Å². The van der Waals surface area contributed by atoms with Crippen LogP contribution in [0, 0.1) is 23.3 Å². The van der Waals surface area contributed by atoms with E-state index in [1.165, 1.54) is 12.8 Å². The summed E-state index contributed by atoms with van der Waals surface area (Å²) in [4.78, 5) is 0. The fourth-order valence-electron chi connectivity index (χ4n) is 1.08. The zero-order valence-electron chi connectivity index (χ0n) is 11.3. The van der Waals surface area contributed by atoms with Gasteiger partial charge < -0.3 is 5.11 Å². The highest BCUT2D eigenvalue weighted by Gasteiger charge is 2.13. The van der Waals surface area contributed by atoms with E-state index in [1.54, 1.807) is 0 Å². The number of rotatable bonds is 4. The van der Waals surface area contributed by atoms with Crippen LogP contribution in [0.5, 0.6) is 0 Å². The lowest BCUT2D eigenvalue weighted by Crippen LogP contribution is -2.21. The summed E-state index contributed by atoms with van der Waals surface area (Å²) >= 11 is 5.97. The topological polar surface area (TPSA) is 20.2 Å². The van der Waals surface area contributed by atoms with Gasteiger partial charge in [0.05, 0.1) is 0 Å². The molecule has 0 amide bonds. The van der Waals surface area contributed by atoms with E-state index in [-0.39, 0.29) is 0 Å². The second-order valence-electron chi connectivity index (χ2n) is 5.14. The molecule has 0 radical (unpaired) electrons. The van der Waals surface area contributed by atoms with Crippen LogP contribution in [0.15, 0.2) is 0 Å². The number of alkyl halides is 1. The molecule has 0 aromatic heterocycles. The van der Waals surface area contributed by atoms with Gasteiger partial charge in [0, 0.05) is 6.42 Å². The summed E-state index contributed by atoms with van der Waals surface area (Å²) in [6.45, 7) is 8.59. The molecule has 0 saturated carbocycles. The van der Waals surface area contributed by atoms with E-state index < -0.39 is 19.6 Å². The van der Waals surface area contributed by atoms with E-state index in [0.717, 1.165) is 12.8 Å². The highest BCUT2D eigenvalue weighted by Crippen LogP contribution is 2.04. The Hall–Kier alpha value is -0.413. The van der Waals surface area contributed by atoms with Crippen LogP contribution in [0.4, 0.5) is 0 Å². The molecule has 0 spiro atoms. The van der Waals surface area contributed by atoms with E-state index in [1.807, 2.05) is 0 Å². The minimum absolute atomic E-state index is 0.569. The number of hydrogen-bond donors (Lipinski definition) is 1. The summed E-state index contributed by atoms with van der Waals surface area (Å²) < 4.78 is 0. The first kappa shape index (κ1) is 16.6. The first-order valence-electron chi connectivity index (χ1n) is 6.20. The average molecular weight is 271 g/mol. The van der Waals surface area contributed by atoms with Crippen molar-refractivity contribution < 1.29 is 5.11 Å². The lowest BCUT2D eigenvalue weighted by molar-refractivity contribution is 0.241. The fourth-order valence-corrected chi connectivity index (χ4v) is 1.88. The molecule has 0 aliphatic heterocycles. The number of hydrogen-bond acceptors (Lipinski definition) is 1. The summed E-state index contributed by atoms with van der Waals surface area (Å²) in [5.74, 6) is 8.62. The maximum absolute atomic E-state index is 9.68. The van der Waals surface area contributed by atoms with Crippen molar-refractivity contribution in [3.8, 4) is 23.3 Å². The van der Waals surface area contributed by atoms with Crippen molar-refractivity contribution >= 4 is 19.7 Å². The average Bonchev–Trinajstić information content (AvgIpc) is 2.24. The number of halogens is 1. The molecule has 0 aliphatic carbocycles. The van der Waals surface area contributed by atoms with Gasteiger partial charge >= 0.3 is 0 Å². The van der Waals surface area contributed by atoms with Gasteiger partial charge in [0.25, 0.3) is 0 Å². The van der Waals surface area contributed by atoms with Gasteiger partial charge in [0.2, 0.25) is 0 Å². The summed E-state index contributed by atoms with van der Waals surface area (Å²) in [6, 6.07) is 0. The minimum Gasteiger partial charge on any atom is -0.378 e. The van der Waals surface area contributed by atoms with Gasteiger partial charge in [0.15, 0.2) is 0 Å². The molecule has 17 heavy (non-hydrogen) atoms. The van der Waals surface area contributed by atoms with Crippen LogP contribution in [-0.4, -0.2) is 24.7 Å². The Morgan fingerprint density at radius 1 is 1.18 bits per heavy atom. The Kier molecular flexibility index (Phi) is 8.43. The smallest absolute Gasteiger partial charge is 0.142 e. The third-order valence-electron chi connectivity index (χ3n) is 2.02. The number of unbranched alkanes of at least 4 members (excludes halogenated alkanes) is 3. The lowest BCUT2D eigenvalue weighted by Gasteiger charge is -2.07. The predicted molar refractivity (Wildman–Crippen MR) is 78.7 cm³/mol. The van der Waals surface area contributed by atoms with Crippen LogP contribution < -0.4 is 0 Å². The molecule has 0 heterocycles. The van der Waals surface area contributed by atoms with Gasteiger partial charge in [-0.2, -0.15) is 0 Å². The van der Waals surface area contributed by atoms with E-state index in [4.69, 9.17) is 11.6 Å². The Morgan fingerprint density at radius 3 is 2.35 bits per heavy atom. The standard InChI is InChI=1S/C14H23ClOSi/c1-5-6-7-8-9-10-14(16)13(15)11-12-17(2,3)4/h13-14,16H,5-8H2,1-4H3/t13-,14+/m0/s1. The third-order valence-corrected chi connectivity index (χ3v) is 3.26. The molecule has 3 heteroatoms. The molecular formula is C14H23ClOSi. The Morgan fingerprint density at radius 2 is 1.82 bits per heavy atom. The lowest BCUT2D eigenvalue weighted by atomic mass is 10.2. The van der Waals surface area contributed by atoms with Crippen molar-refractivity contribution in [2.45, 2.75) is 63.7 Å². The van der Waals surface area contributed by atoms with E-state index in [0.29, 0.717) is 0 Å². The maximum atomic E-state index is 9.68. The highest BCUT2D eigenvalue weighted by molar-refractivity contribution is 6.83. The van der Waals surface area contributed by atoms with Gasteiger partial charge in [0.1, 0.15) is 19.6 Å². The van der Waals surface area contributed by atoms with Gasteiger partial charge in [-0.05, 0) is 6.42 Å². The summed E-state index contributed by atoms with van der Waals surface area (Å²) in [5, 5.41) is 9.11. The van der Waals surface area contributed by atoms with Crippen molar-refractivity contribution in [3.05, 3.63) is 0 Å². The Bertz CT molecular complexity index is 324. The molecule has 0 aromatic carbocycles. The zero-order valence-corrected chi connectivity index (χ0v) is 13.1. The van der Waals surface area contributed by atoms with Crippen molar-refractivity contribution in [3.63, 3.8) is 0 Å². The van der Waals surface area contributed by atoms with Crippen LogP contribution in [0.1, 0.15) is 32.6 Å². The van der Waals surface area contributed by atoms with Gasteiger partial charge in [-0.3, -0.25) is 0 Å². The van der Waals surface area contributed by atoms with E-state index in [2.05, 4.69) is 49.9 Å². The first-order chi connectivity index (χ1) is 7.87. The normalized spacial score (nSPS) is 14.0. The summed E-state index contributed by atoms with van der Waals surface area (Å²) in [5.41, 5.74) is 3.14. The van der Waals surface area contributed by atoms with E-state index >= 15 is 0 Å². The molecule has 0 saturated heterocycles. The predicted octanol–water partition coefficient (Wildman–Crippen LogP) is 3.42. The number of aliphatic hydroxyl groups is 1. The molecule has 96 valence electrons. The van der Waals surface area contributed by atoms with Crippen LogP contribution >= 0.6 is 11.6 Å². The summed E-state index contributed by atoms with van der Waals surface area (Å²) in [6.07, 6.45) is 3.45. The maximum Gasteiger partial charge on any atom is 0.142 e. The van der Waals surface area contributed by atoms with Crippen LogP contribution in [0.25, 0.3) is 0 Å². The van der Waals surface area contributed by atoms with Crippen molar-refractivity contribution in [2.24, 2.45) is 0 Å². The molecule has 0 unspecified atom stereocenters. The third kappa shape index (κ3) is 10.5. The van der Waals surface area contributed by atoms with Crippen molar-refractivity contribution in [1.29, 1.82) is 0 Å². The monoisotopic (exact) mass is 270 g/mol. The Balaban J connectivity index is 4.12. The largest absolute Gasteiger partial charge is 0.378 e. The first-order valence-corrected chi connectivity index (χ1v) is 10.1. The fraction of sp³-hybridized carbons (Fsp3) is 0.714. The molecule has 0 bridgehead atoms.